The van der Waals surface area contributed by atoms with E-state index < -0.39 is 0 Å². The Labute approximate surface area is 167 Å². The van der Waals surface area contributed by atoms with Crippen LogP contribution in [0, 0.1) is 10.8 Å². The average Bonchev–Trinajstić information content (AvgIpc) is 2.65. The third kappa shape index (κ3) is 3.97. The smallest absolute Gasteiger partial charge is 0.204 e. The highest BCUT2D eigenvalue weighted by molar-refractivity contribution is 5.79. The lowest BCUT2D eigenvalue weighted by molar-refractivity contribution is 0.175. The standard InChI is InChI=1S/C22H31N5O/c1-14(2)27(15(3)4)22(25)26-13-16(9-12-21(26)24)28-20-11-10-19(23)17-7-5-6-8-18(17)20/h5-9,12-15,19-20,24-25H,10-11,23H2,1-4H3. The van der Waals surface area contributed by atoms with E-state index in [9.17, 15) is 0 Å². The Morgan fingerprint density at radius 3 is 2.36 bits per heavy atom. The minimum atomic E-state index is -0.0680. The van der Waals surface area contributed by atoms with Crippen LogP contribution in [0.5, 0.6) is 5.75 Å². The van der Waals surface area contributed by atoms with Gasteiger partial charge in [0.15, 0.2) is 0 Å². The number of hydrogen-bond acceptors (Lipinski definition) is 4. The topological polar surface area (TPSA) is 91.1 Å². The van der Waals surface area contributed by atoms with Crippen molar-refractivity contribution in [2.24, 2.45) is 5.73 Å². The molecule has 0 fully saturated rings. The summed E-state index contributed by atoms with van der Waals surface area (Å²) in [6.45, 7) is 8.23. The Bertz CT molecular complexity index is 894. The predicted octanol–water partition coefficient (Wildman–Crippen LogP) is 3.78. The second kappa shape index (κ2) is 8.19. The molecule has 6 nitrogen and oxygen atoms in total. The van der Waals surface area contributed by atoms with Crippen molar-refractivity contribution < 1.29 is 4.74 Å². The van der Waals surface area contributed by atoms with Gasteiger partial charge in [0.1, 0.15) is 17.3 Å². The van der Waals surface area contributed by atoms with Gasteiger partial charge in [-0.05, 0) is 63.8 Å². The number of benzene rings is 1. The van der Waals surface area contributed by atoms with Crippen molar-refractivity contribution in [3.05, 3.63) is 59.2 Å². The first kappa shape index (κ1) is 20.1. The van der Waals surface area contributed by atoms with Gasteiger partial charge < -0.3 is 15.4 Å². The van der Waals surface area contributed by atoms with Crippen molar-refractivity contribution in [1.82, 2.24) is 9.47 Å². The lowest BCUT2D eigenvalue weighted by atomic mass is 9.86. The zero-order valence-electron chi connectivity index (χ0n) is 17.1. The van der Waals surface area contributed by atoms with Gasteiger partial charge in [0.25, 0.3) is 0 Å². The number of ether oxygens (including phenoxy) is 1. The number of aromatic nitrogens is 1. The fourth-order valence-corrected chi connectivity index (χ4v) is 4.01. The molecule has 28 heavy (non-hydrogen) atoms. The van der Waals surface area contributed by atoms with Crippen molar-refractivity contribution >= 4 is 5.96 Å². The van der Waals surface area contributed by atoms with Gasteiger partial charge in [0.2, 0.25) is 5.96 Å². The summed E-state index contributed by atoms with van der Waals surface area (Å²) >= 11 is 0. The Hall–Kier alpha value is -2.60. The molecule has 2 unspecified atom stereocenters. The van der Waals surface area contributed by atoms with Crippen molar-refractivity contribution in [3.63, 3.8) is 0 Å². The maximum absolute atomic E-state index is 8.65. The van der Waals surface area contributed by atoms with Gasteiger partial charge in [-0.3, -0.25) is 15.4 Å². The lowest BCUT2D eigenvalue weighted by Gasteiger charge is -2.34. The second-order valence-corrected chi connectivity index (χ2v) is 7.96. The summed E-state index contributed by atoms with van der Waals surface area (Å²) in [4.78, 5) is 1.98. The van der Waals surface area contributed by atoms with Gasteiger partial charge in [-0.2, -0.15) is 0 Å². The third-order valence-corrected chi connectivity index (χ3v) is 5.27. The molecule has 4 N–H and O–H groups in total. The Balaban J connectivity index is 1.90. The highest BCUT2D eigenvalue weighted by atomic mass is 16.5. The number of nitrogens with one attached hydrogen (secondary N) is 2. The monoisotopic (exact) mass is 381 g/mol. The molecule has 3 rings (SSSR count). The largest absolute Gasteiger partial charge is 0.484 e. The molecule has 1 aromatic heterocycles. The van der Waals surface area contributed by atoms with Crippen LogP contribution in [0.3, 0.4) is 0 Å². The van der Waals surface area contributed by atoms with Gasteiger partial charge in [-0.25, -0.2) is 0 Å². The Kier molecular flexibility index (Phi) is 5.89. The summed E-state index contributed by atoms with van der Waals surface area (Å²) in [7, 11) is 0. The van der Waals surface area contributed by atoms with Crippen molar-refractivity contribution in [2.45, 2.75) is 64.8 Å². The third-order valence-electron chi connectivity index (χ3n) is 5.27. The molecule has 0 bridgehead atoms. The minimum absolute atomic E-state index is 0.0513. The minimum Gasteiger partial charge on any atom is -0.484 e. The van der Waals surface area contributed by atoms with Crippen LogP contribution in [-0.4, -0.2) is 27.5 Å². The van der Waals surface area contributed by atoms with E-state index in [-0.39, 0.29) is 35.7 Å². The number of nitrogens with two attached hydrogens (primary N) is 1. The fourth-order valence-electron chi connectivity index (χ4n) is 4.01. The summed E-state index contributed by atoms with van der Waals surface area (Å²) in [5.41, 5.74) is 8.79. The van der Waals surface area contributed by atoms with Crippen LogP contribution in [0.2, 0.25) is 0 Å². The van der Waals surface area contributed by atoms with E-state index in [1.165, 1.54) is 0 Å². The summed E-state index contributed by atoms with van der Waals surface area (Å²) in [6, 6.07) is 12.0. The molecule has 0 saturated heterocycles. The average molecular weight is 382 g/mol. The molecule has 6 heteroatoms. The summed E-state index contributed by atoms with van der Waals surface area (Å²) in [5.74, 6) is 0.940. The summed E-state index contributed by atoms with van der Waals surface area (Å²) in [5, 5.41) is 16.9. The van der Waals surface area contributed by atoms with Crippen molar-refractivity contribution in [3.8, 4) is 5.75 Å². The maximum atomic E-state index is 8.65. The Morgan fingerprint density at radius 2 is 1.71 bits per heavy atom. The van der Waals surface area contributed by atoms with E-state index in [1.807, 2.05) is 17.0 Å². The molecule has 0 radical (unpaired) electrons. The number of nitrogens with zero attached hydrogens (tertiary/aromatic N) is 2. The SMILES string of the molecule is CC(C)N(C(=N)n1cc(OC2CCC(N)c3ccccc32)ccc1=N)C(C)C. The van der Waals surface area contributed by atoms with Gasteiger partial charge in [0, 0.05) is 18.1 Å². The number of pyridine rings is 1. The molecule has 2 aromatic rings. The van der Waals surface area contributed by atoms with Crippen LogP contribution in [0.25, 0.3) is 0 Å². The molecule has 1 aliphatic carbocycles. The molecule has 0 amide bonds. The second-order valence-electron chi connectivity index (χ2n) is 7.96. The van der Waals surface area contributed by atoms with Gasteiger partial charge in [-0.1, -0.05) is 24.3 Å². The highest BCUT2D eigenvalue weighted by Gasteiger charge is 2.26. The number of fused-ring (bicyclic) bond motifs is 1. The molecular weight excluding hydrogens is 350 g/mol. The quantitative estimate of drug-likeness (QED) is 0.556. The molecule has 0 spiro atoms. The normalized spacial score (nSPS) is 18.8. The van der Waals surface area contributed by atoms with Gasteiger partial charge >= 0.3 is 0 Å². The zero-order chi connectivity index (χ0) is 20.4. The van der Waals surface area contributed by atoms with Crippen LogP contribution < -0.4 is 16.0 Å². The number of hydrogen-bond donors (Lipinski definition) is 3. The van der Waals surface area contributed by atoms with Gasteiger partial charge in [0.05, 0.1) is 6.20 Å². The van der Waals surface area contributed by atoms with Crippen LogP contribution in [0.4, 0.5) is 0 Å². The summed E-state index contributed by atoms with van der Waals surface area (Å²) < 4.78 is 7.88. The highest BCUT2D eigenvalue weighted by Crippen LogP contribution is 2.37. The molecule has 150 valence electrons. The van der Waals surface area contributed by atoms with Crippen LogP contribution in [0.15, 0.2) is 42.6 Å². The predicted molar refractivity (Wildman–Crippen MR) is 111 cm³/mol. The first-order valence-corrected chi connectivity index (χ1v) is 9.95. The molecule has 0 saturated carbocycles. The Morgan fingerprint density at radius 1 is 1.07 bits per heavy atom. The van der Waals surface area contributed by atoms with E-state index >= 15 is 0 Å². The van der Waals surface area contributed by atoms with E-state index in [0.29, 0.717) is 5.75 Å². The van der Waals surface area contributed by atoms with E-state index in [2.05, 4.69) is 39.8 Å². The maximum Gasteiger partial charge on any atom is 0.204 e. The molecule has 1 heterocycles. The molecule has 1 aromatic carbocycles. The zero-order valence-corrected chi connectivity index (χ0v) is 17.1. The lowest BCUT2D eigenvalue weighted by Crippen LogP contribution is -2.47. The molecule has 2 atom stereocenters. The first-order chi connectivity index (χ1) is 13.3. The van der Waals surface area contributed by atoms with E-state index in [1.54, 1.807) is 22.9 Å². The van der Waals surface area contributed by atoms with E-state index in [0.717, 1.165) is 24.0 Å². The van der Waals surface area contributed by atoms with Crippen LogP contribution in [0.1, 0.15) is 63.8 Å². The van der Waals surface area contributed by atoms with Gasteiger partial charge in [-0.15, -0.1) is 0 Å². The van der Waals surface area contributed by atoms with Crippen LogP contribution >= 0.6 is 0 Å². The molecular formula is C22H31N5O. The van der Waals surface area contributed by atoms with Crippen molar-refractivity contribution in [2.75, 3.05) is 0 Å². The van der Waals surface area contributed by atoms with E-state index in [4.69, 9.17) is 21.3 Å². The van der Waals surface area contributed by atoms with Crippen LogP contribution in [-0.2, 0) is 0 Å². The summed E-state index contributed by atoms with van der Waals surface area (Å²) in [6.07, 6.45) is 3.41. The molecule has 0 aliphatic heterocycles. The number of rotatable bonds is 4. The fraction of sp³-hybridized carbons (Fsp3) is 0.455. The molecule has 1 aliphatic rings. The first-order valence-electron chi connectivity index (χ1n) is 9.95. The van der Waals surface area contributed by atoms with Crippen molar-refractivity contribution in [1.29, 1.82) is 10.8 Å².